The molecule has 0 fully saturated rings. The molecule has 0 rings (SSSR count). The number of nitrogens with zero attached hydrogens (tertiary/aromatic N) is 1. The first-order valence-electron chi connectivity index (χ1n) is 3.97. The molecule has 2 N–H and O–H groups in total. The molecule has 0 spiro atoms. The number of likely N-dealkylation sites (N-methyl/N-ethyl adjacent to an activating group) is 1. The first-order valence-corrected chi connectivity index (χ1v) is 3.97. The van der Waals surface area contributed by atoms with Gasteiger partial charge in [0.25, 0.3) is 0 Å². The minimum Gasteiger partial charge on any atom is -0.399 e. The maximum atomic E-state index is 5.77. The summed E-state index contributed by atoms with van der Waals surface area (Å²) in [7, 11) is 4.04. The zero-order valence-corrected chi connectivity index (χ0v) is 8.17. The molecule has 68 valence electrons. The molecule has 0 aliphatic rings. The van der Waals surface area contributed by atoms with Crippen LogP contribution in [0.3, 0.4) is 0 Å². The molecule has 0 saturated carbocycles. The zero-order chi connectivity index (χ0) is 9.56. The van der Waals surface area contributed by atoms with E-state index in [1.807, 2.05) is 33.2 Å². The highest BCUT2D eigenvalue weighted by Gasteiger charge is 1.95. The molecule has 0 aliphatic carbocycles. The Bertz CT molecular complexity index is 200. The van der Waals surface area contributed by atoms with Crippen LogP contribution in [0.5, 0.6) is 0 Å². The van der Waals surface area contributed by atoms with Gasteiger partial charge in [-0.3, -0.25) is 0 Å². The lowest BCUT2D eigenvalue weighted by Gasteiger charge is -2.10. The van der Waals surface area contributed by atoms with Gasteiger partial charge >= 0.3 is 0 Å². The van der Waals surface area contributed by atoms with Crippen LogP contribution in [-0.4, -0.2) is 25.5 Å². The number of allylic oxidation sites excluding steroid dienone is 3. The Morgan fingerprint density at radius 2 is 2.08 bits per heavy atom. The highest BCUT2D eigenvalue weighted by Crippen LogP contribution is 2.00. The van der Waals surface area contributed by atoms with Crippen LogP contribution in [0, 0.1) is 0 Å². The molecule has 0 aromatic heterocycles. The summed E-state index contributed by atoms with van der Waals surface area (Å²) in [6, 6.07) is 0. The molecular weight excluding hydrogens is 148 g/mol. The highest BCUT2D eigenvalue weighted by atomic mass is 15.0. The van der Waals surface area contributed by atoms with Gasteiger partial charge in [-0.2, -0.15) is 0 Å². The van der Waals surface area contributed by atoms with Crippen molar-refractivity contribution >= 4 is 0 Å². The van der Waals surface area contributed by atoms with Crippen molar-refractivity contribution in [3.05, 3.63) is 36.1 Å². The Morgan fingerprint density at radius 1 is 1.50 bits per heavy atom. The lowest BCUT2D eigenvalue weighted by molar-refractivity contribution is 0.444. The largest absolute Gasteiger partial charge is 0.399 e. The standard InChI is InChI=1S/C10H18N2/c1-5-6-7-10(11)9(2)8-12(3)4/h5-7H,1,8,11H2,2-4H3/b7-6-,10-9-. The van der Waals surface area contributed by atoms with Crippen LogP contribution < -0.4 is 5.73 Å². The Kier molecular flexibility index (Phi) is 5.13. The molecule has 0 atom stereocenters. The van der Waals surface area contributed by atoms with E-state index in [0.29, 0.717) is 0 Å². The van der Waals surface area contributed by atoms with Gasteiger partial charge in [-0.1, -0.05) is 18.7 Å². The smallest absolute Gasteiger partial charge is 0.0316 e. The van der Waals surface area contributed by atoms with Crippen LogP contribution in [0.25, 0.3) is 0 Å². The molecule has 0 saturated heterocycles. The highest BCUT2D eigenvalue weighted by molar-refractivity contribution is 5.24. The van der Waals surface area contributed by atoms with Crippen molar-refractivity contribution in [3.63, 3.8) is 0 Å². The lowest BCUT2D eigenvalue weighted by atomic mass is 10.2. The summed E-state index contributed by atoms with van der Waals surface area (Å²) in [6.07, 6.45) is 5.43. The molecule has 0 amide bonds. The molecule has 0 aromatic carbocycles. The van der Waals surface area contributed by atoms with Crippen LogP contribution in [0.1, 0.15) is 6.92 Å². The maximum absolute atomic E-state index is 5.77. The van der Waals surface area contributed by atoms with E-state index in [0.717, 1.165) is 12.2 Å². The van der Waals surface area contributed by atoms with Gasteiger partial charge in [0.2, 0.25) is 0 Å². The van der Waals surface area contributed by atoms with Gasteiger partial charge in [0.05, 0.1) is 0 Å². The van der Waals surface area contributed by atoms with Gasteiger partial charge < -0.3 is 10.6 Å². The second-order valence-electron chi connectivity index (χ2n) is 3.07. The van der Waals surface area contributed by atoms with E-state index in [1.165, 1.54) is 5.57 Å². The molecule has 0 bridgehead atoms. The third-order valence-electron chi connectivity index (χ3n) is 1.46. The van der Waals surface area contributed by atoms with Crippen molar-refractivity contribution in [3.8, 4) is 0 Å². The van der Waals surface area contributed by atoms with Crippen molar-refractivity contribution in [2.75, 3.05) is 20.6 Å². The van der Waals surface area contributed by atoms with Crippen LogP contribution in [0.15, 0.2) is 36.1 Å². The first-order chi connectivity index (χ1) is 5.57. The van der Waals surface area contributed by atoms with E-state index in [2.05, 4.69) is 11.5 Å². The van der Waals surface area contributed by atoms with Crippen molar-refractivity contribution in [1.82, 2.24) is 4.90 Å². The fourth-order valence-corrected chi connectivity index (χ4v) is 0.880. The molecule has 0 unspecified atom stereocenters. The Balaban J connectivity index is 4.25. The fourth-order valence-electron chi connectivity index (χ4n) is 0.880. The van der Waals surface area contributed by atoms with E-state index in [4.69, 9.17) is 5.73 Å². The average Bonchev–Trinajstić information content (AvgIpc) is 1.98. The SMILES string of the molecule is C=C/C=C\C(N)=C(/C)CN(C)C. The van der Waals surface area contributed by atoms with Crippen LogP contribution in [0.4, 0.5) is 0 Å². The molecule has 12 heavy (non-hydrogen) atoms. The van der Waals surface area contributed by atoms with Crippen molar-refractivity contribution in [1.29, 1.82) is 0 Å². The van der Waals surface area contributed by atoms with E-state index < -0.39 is 0 Å². The van der Waals surface area contributed by atoms with Crippen molar-refractivity contribution in [2.24, 2.45) is 5.73 Å². The Labute approximate surface area is 75.1 Å². The van der Waals surface area contributed by atoms with Crippen molar-refractivity contribution in [2.45, 2.75) is 6.92 Å². The zero-order valence-electron chi connectivity index (χ0n) is 8.17. The minimum absolute atomic E-state index is 0.823. The molecule has 2 heteroatoms. The summed E-state index contributed by atoms with van der Waals surface area (Å²) in [5.74, 6) is 0. The third kappa shape index (κ3) is 4.74. The Morgan fingerprint density at radius 3 is 2.50 bits per heavy atom. The summed E-state index contributed by atoms with van der Waals surface area (Å²) in [4.78, 5) is 2.09. The number of rotatable bonds is 4. The van der Waals surface area contributed by atoms with Crippen LogP contribution in [0.2, 0.25) is 0 Å². The molecule has 0 radical (unpaired) electrons. The third-order valence-corrected chi connectivity index (χ3v) is 1.46. The molecule has 0 aromatic rings. The van der Waals surface area contributed by atoms with Gasteiger partial charge in [0.15, 0.2) is 0 Å². The molecule has 2 nitrogen and oxygen atoms in total. The van der Waals surface area contributed by atoms with E-state index in [1.54, 1.807) is 6.08 Å². The van der Waals surface area contributed by atoms with E-state index >= 15 is 0 Å². The summed E-state index contributed by atoms with van der Waals surface area (Å²) in [6.45, 7) is 6.50. The second-order valence-corrected chi connectivity index (χ2v) is 3.07. The van der Waals surface area contributed by atoms with Gasteiger partial charge in [-0.25, -0.2) is 0 Å². The average molecular weight is 166 g/mol. The van der Waals surface area contributed by atoms with E-state index in [9.17, 15) is 0 Å². The topological polar surface area (TPSA) is 29.3 Å². The van der Waals surface area contributed by atoms with Crippen LogP contribution >= 0.6 is 0 Å². The van der Waals surface area contributed by atoms with Gasteiger partial charge in [-0.15, -0.1) is 0 Å². The van der Waals surface area contributed by atoms with Gasteiger partial charge in [0.1, 0.15) is 0 Å². The van der Waals surface area contributed by atoms with Gasteiger partial charge in [0, 0.05) is 12.2 Å². The van der Waals surface area contributed by atoms with Crippen molar-refractivity contribution < 1.29 is 0 Å². The summed E-state index contributed by atoms with van der Waals surface area (Å²) in [5, 5.41) is 0. The van der Waals surface area contributed by atoms with Gasteiger partial charge in [-0.05, 0) is 32.7 Å². The number of nitrogens with two attached hydrogens (primary N) is 1. The lowest BCUT2D eigenvalue weighted by Crippen LogP contribution is -2.16. The molecular formula is C10H18N2. The fraction of sp³-hybridized carbons (Fsp3) is 0.400. The monoisotopic (exact) mass is 166 g/mol. The quantitative estimate of drug-likeness (QED) is 0.642. The predicted molar refractivity (Wildman–Crippen MR) is 54.8 cm³/mol. The molecule has 0 heterocycles. The summed E-state index contributed by atoms with van der Waals surface area (Å²) in [5.41, 5.74) is 7.77. The number of hydrogen-bond acceptors (Lipinski definition) is 2. The van der Waals surface area contributed by atoms with E-state index in [-0.39, 0.29) is 0 Å². The number of hydrogen-bond donors (Lipinski definition) is 1. The summed E-state index contributed by atoms with van der Waals surface area (Å²) >= 11 is 0. The predicted octanol–water partition coefficient (Wildman–Crippen LogP) is 1.52. The minimum atomic E-state index is 0.823. The molecule has 0 aliphatic heterocycles. The van der Waals surface area contributed by atoms with Crippen LogP contribution in [-0.2, 0) is 0 Å². The second kappa shape index (κ2) is 5.61. The Hall–Kier alpha value is -1.02. The maximum Gasteiger partial charge on any atom is 0.0316 e. The normalized spacial score (nSPS) is 13.7. The first kappa shape index (κ1) is 11.0. The summed E-state index contributed by atoms with van der Waals surface area (Å²) < 4.78 is 0.